The summed E-state index contributed by atoms with van der Waals surface area (Å²) in [5, 5.41) is 0.436. The highest BCUT2D eigenvalue weighted by Crippen LogP contribution is 2.38. The van der Waals surface area contributed by atoms with Gasteiger partial charge in [-0.3, -0.25) is 0 Å². The van der Waals surface area contributed by atoms with Gasteiger partial charge < -0.3 is 14.2 Å². The fraction of sp³-hybridized carbons (Fsp3) is 0.200. The topological polar surface area (TPSA) is 57.1 Å². The summed E-state index contributed by atoms with van der Waals surface area (Å²) in [6, 6.07) is 11.1. The van der Waals surface area contributed by atoms with Crippen molar-refractivity contribution in [2.75, 3.05) is 13.2 Å². The number of cyclic esters (lactones) is 1. The Morgan fingerprint density at radius 3 is 2.85 bits per heavy atom. The number of esters is 1. The monoisotopic (exact) mass is 369 g/mol. The lowest BCUT2D eigenvalue weighted by atomic mass is 10.1. The molecular formula is C20H16ClNO4. The molecule has 0 N–H and O–H groups in total. The molecule has 0 aromatic heterocycles. The summed E-state index contributed by atoms with van der Waals surface area (Å²) in [4.78, 5) is 16.5. The van der Waals surface area contributed by atoms with Gasteiger partial charge in [0.2, 0.25) is 5.90 Å². The van der Waals surface area contributed by atoms with E-state index in [1.165, 1.54) is 0 Å². The summed E-state index contributed by atoms with van der Waals surface area (Å²) in [5.74, 6) is 0.899. The molecule has 0 aliphatic carbocycles. The SMILES string of the molecule is Cc1cccc(C2=N/C(=C\c3cc(Cl)c4c(c3)OCCCO4)C(=O)O2)c1. The second-order valence-corrected chi connectivity index (χ2v) is 6.49. The van der Waals surface area contributed by atoms with Crippen molar-refractivity contribution >= 4 is 29.5 Å². The molecule has 0 bridgehead atoms. The van der Waals surface area contributed by atoms with Crippen LogP contribution >= 0.6 is 11.6 Å². The number of benzene rings is 2. The molecule has 0 saturated carbocycles. The maximum atomic E-state index is 12.2. The van der Waals surface area contributed by atoms with Gasteiger partial charge in [0.25, 0.3) is 0 Å². The van der Waals surface area contributed by atoms with E-state index >= 15 is 0 Å². The first-order chi connectivity index (χ1) is 12.6. The van der Waals surface area contributed by atoms with E-state index in [0.29, 0.717) is 41.2 Å². The molecule has 2 aliphatic rings. The average molecular weight is 370 g/mol. The number of aliphatic imine (C=N–C) groups is 1. The highest BCUT2D eigenvalue weighted by atomic mass is 35.5. The maximum Gasteiger partial charge on any atom is 0.363 e. The average Bonchev–Trinajstić information content (AvgIpc) is 2.81. The molecule has 4 rings (SSSR count). The van der Waals surface area contributed by atoms with Crippen molar-refractivity contribution in [1.82, 2.24) is 0 Å². The first kappa shape index (κ1) is 16.7. The molecule has 26 heavy (non-hydrogen) atoms. The van der Waals surface area contributed by atoms with E-state index in [9.17, 15) is 4.79 Å². The van der Waals surface area contributed by atoms with Crippen LogP contribution in [0.15, 0.2) is 47.1 Å². The van der Waals surface area contributed by atoms with Gasteiger partial charge in [0.15, 0.2) is 17.2 Å². The second-order valence-electron chi connectivity index (χ2n) is 6.09. The fourth-order valence-electron chi connectivity index (χ4n) is 2.80. The largest absolute Gasteiger partial charge is 0.489 e. The molecule has 6 heteroatoms. The third-order valence-corrected chi connectivity index (χ3v) is 4.29. The molecule has 5 nitrogen and oxygen atoms in total. The summed E-state index contributed by atoms with van der Waals surface area (Å²) >= 11 is 6.30. The van der Waals surface area contributed by atoms with Crippen molar-refractivity contribution in [3.63, 3.8) is 0 Å². The second kappa shape index (κ2) is 6.84. The van der Waals surface area contributed by atoms with Crippen LogP contribution in [-0.4, -0.2) is 25.1 Å². The summed E-state index contributed by atoms with van der Waals surface area (Å²) in [6.45, 7) is 3.09. The Hall–Kier alpha value is -2.79. The minimum atomic E-state index is -0.496. The van der Waals surface area contributed by atoms with Gasteiger partial charge in [0, 0.05) is 12.0 Å². The number of rotatable bonds is 2. The lowest BCUT2D eigenvalue weighted by molar-refractivity contribution is -0.129. The quantitative estimate of drug-likeness (QED) is 0.589. The molecule has 2 aromatic rings. The van der Waals surface area contributed by atoms with E-state index in [4.69, 9.17) is 25.8 Å². The molecule has 0 saturated heterocycles. The van der Waals surface area contributed by atoms with Crippen LogP contribution in [0.2, 0.25) is 5.02 Å². The van der Waals surface area contributed by atoms with Gasteiger partial charge in [0.1, 0.15) is 0 Å². The number of nitrogens with zero attached hydrogens (tertiary/aromatic N) is 1. The van der Waals surface area contributed by atoms with Crippen LogP contribution in [0.5, 0.6) is 11.5 Å². The van der Waals surface area contributed by atoms with Gasteiger partial charge in [-0.15, -0.1) is 0 Å². The number of hydrogen-bond donors (Lipinski definition) is 0. The minimum Gasteiger partial charge on any atom is -0.489 e. The van der Waals surface area contributed by atoms with Crippen molar-refractivity contribution in [2.45, 2.75) is 13.3 Å². The van der Waals surface area contributed by atoms with E-state index in [-0.39, 0.29) is 5.70 Å². The zero-order chi connectivity index (χ0) is 18.1. The van der Waals surface area contributed by atoms with E-state index in [2.05, 4.69) is 4.99 Å². The first-order valence-corrected chi connectivity index (χ1v) is 8.67. The third-order valence-electron chi connectivity index (χ3n) is 4.01. The predicted octanol–water partition coefficient (Wildman–Crippen LogP) is 4.15. The van der Waals surface area contributed by atoms with E-state index in [1.807, 2.05) is 31.2 Å². The van der Waals surface area contributed by atoms with Crippen LogP contribution in [0.4, 0.5) is 0 Å². The Bertz CT molecular complexity index is 949. The predicted molar refractivity (Wildman–Crippen MR) is 98.8 cm³/mol. The molecular weight excluding hydrogens is 354 g/mol. The van der Waals surface area contributed by atoms with Crippen molar-refractivity contribution in [1.29, 1.82) is 0 Å². The van der Waals surface area contributed by atoms with Gasteiger partial charge in [-0.05, 0) is 42.8 Å². The zero-order valence-corrected chi connectivity index (χ0v) is 14.9. The summed E-state index contributed by atoms with van der Waals surface area (Å²) < 4.78 is 16.6. The number of ether oxygens (including phenoxy) is 3. The maximum absolute atomic E-state index is 12.2. The smallest absolute Gasteiger partial charge is 0.363 e. The Balaban J connectivity index is 1.69. The lowest BCUT2D eigenvalue weighted by Gasteiger charge is -2.10. The van der Waals surface area contributed by atoms with E-state index < -0.39 is 5.97 Å². The highest BCUT2D eigenvalue weighted by molar-refractivity contribution is 6.32. The van der Waals surface area contributed by atoms with Crippen LogP contribution in [0.25, 0.3) is 6.08 Å². The van der Waals surface area contributed by atoms with Crippen LogP contribution in [0, 0.1) is 6.92 Å². The van der Waals surface area contributed by atoms with Gasteiger partial charge in [-0.2, -0.15) is 0 Å². The van der Waals surface area contributed by atoms with Crippen molar-refractivity contribution in [2.24, 2.45) is 4.99 Å². The first-order valence-electron chi connectivity index (χ1n) is 8.29. The summed E-state index contributed by atoms with van der Waals surface area (Å²) in [6.07, 6.45) is 2.42. The molecule has 2 aliphatic heterocycles. The van der Waals surface area contributed by atoms with Crippen LogP contribution in [-0.2, 0) is 9.53 Å². The number of halogens is 1. The molecule has 0 radical (unpaired) electrons. The van der Waals surface area contributed by atoms with Gasteiger partial charge in [-0.25, -0.2) is 9.79 Å². The minimum absolute atomic E-state index is 0.215. The highest BCUT2D eigenvalue weighted by Gasteiger charge is 2.24. The molecule has 0 spiro atoms. The Kier molecular flexibility index (Phi) is 4.39. The molecule has 132 valence electrons. The fourth-order valence-corrected chi connectivity index (χ4v) is 3.08. The molecule has 2 heterocycles. The molecule has 0 amide bonds. The Morgan fingerprint density at radius 1 is 1.15 bits per heavy atom. The standard InChI is InChI=1S/C20H16ClNO4/c1-12-4-2-5-14(8-12)19-22-16(20(23)26-19)10-13-9-15(21)18-17(11-13)24-6-3-7-25-18/h2,4-5,8-11H,3,6-7H2,1H3/b16-10-. The molecule has 0 fully saturated rings. The van der Waals surface area contributed by atoms with E-state index in [1.54, 1.807) is 18.2 Å². The van der Waals surface area contributed by atoms with Gasteiger partial charge in [0.05, 0.1) is 18.2 Å². The molecule has 2 aromatic carbocycles. The number of fused-ring (bicyclic) bond motifs is 1. The Morgan fingerprint density at radius 2 is 2.00 bits per heavy atom. The van der Waals surface area contributed by atoms with Gasteiger partial charge in [-0.1, -0.05) is 29.3 Å². The molecule has 0 unspecified atom stereocenters. The number of aryl methyl sites for hydroxylation is 1. The Labute approximate surface area is 155 Å². The van der Waals surface area contributed by atoms with Crippen LogP contribution in [0.3, 0.4) is 0 Å². The van der Waals surface area contributed by atoms with Crippen molar-refractivity contribution < 1.29 is 19.0 Å². The molecule has 0 atom stereocenters. The van der Waals surface area contributed by atoms with Crippen LogP contribution in [0.1, 0.15) is 23.1 Å². The lowest BCUT2D eigenvalue weighted by Crippen LogP contribution is -2.05. The van der Waals surface area contributed by atoms with Crippen LogP contribution < -0.4 is 9.47 Å². The number of carbonyl (C=O) groups is 1. The van der Waals surface area contributed by atoms with Crippen molar-refractivity contribution in [3.05, 3.63) is 63.8 Å². The van der Waals surface area contributed by atoms with E-state index in [0.717, 1.165) is 17.5 Å². The van der Waals surface area contributed by atoms with Crippen molar-refractivity contribution in [3.8, 4) is 11.5 Å². The zero-order valence-electron chi connectivity index (χ0n) is 14.1. The third kappa shape index (κ3) is 3.30. The number of carbonyl (C=O) groups excluding carboxylic acids is 1. The normalized spacial score (nSPS) is 17.7. The van der Waals surface area contributed by atoms with Gasteiger partial charge >= 0.3 is 5.97 Å². The number of hydrogen-bond acceptors (Lipinski definition) is 5. The summed E-state index contributed by atoms with van der Waals surface area (Å²) in [5.41, 5.74) is 2.74. The summed E-state index contributed by atoms with van der Waals surface area (Å²) in [7, 11) is 0.